The van der Waals surface area contributed by atoms with Gasteiger partial charge < -0.3 is 5.11 Å². The second kappa shape index (κ2) is 5.34. The number of amides is 2. The number of benzene rings is 1. The van der Waals surface area contributed by atoms with Gasteiger partial charge in [-0.1, -0.05) is 18.2 Å². The van der Waals surface area contributed by atoms with Crippen molar-refractivity contribution in [3.63, 3.8) is 0 Å². The van der Waals surface area contributed by atoms with E-state index in [1.807, 2.05) is 23.1 Å². The molecule has 1 aromatic carbocycles. The Bertz CT molecular complexity index is 509. The van der Waals surface area contributed by atoms with Crippen LogP contribution in [0.5, 0.6) is 0 Å². The van der Waals surface area contributed by atoms with Crippen molar-refractivity contribution >= 4 is 17.5 Å². The van der Waals surface area contributed by atoms with Crippen molar-refractivity contribution in [3.05, 3.63) is 30.3 Å². The first-order valence-electron chi connectivity index (χ1n) is 7.01. The minimum atomic E-state index is -0.366. The van der Waals surface area contributed by atoms with E-state index in [0.29, 0.717) is 31.6 Å². The summed E-state index contributed by atoms with van der Waals surface area (Å²) >= 11 is 0. The lowest BCUT2D eigenvalue weighted by Crippen LogP contribution is -2.46. The highest BCUT2D eigenvalue weighted by molar-refractivity contribution is 6.22. The molecule has 20 heavy (non-hydrogen) atoms. The van der Waals surface area contributed by atoms with Gasteiger partial charge in [-0.3, -0.25) is 14.5 Å². The number of nitrogens with zero attached hydrogens (tertiary/aromatic N) is 2. The molecule has 2 aliphatic heterocycles. The quantitative estimate of drug-likeness (QED) is 0.809. The zero-order valence-electron chi connectivity index (χ0n) is 11.2. The van der Waals surface area contributed by atoms with E-state index in [4.69, 9.17) is 0 Å². The number of piperidine rings is 1. The van der Waals surface area contributed by atoms with Crippen LogP contribution in [0.15, 0.2) is 30.3 Å². The maximum atomic E-state index is 12.5. The number of anilines is 1. The topological polar surface area (TPSA) is 60.9 Å². The Morgan fingerprint density at radius 3 is 2.35 bits per heavy atom. The maximum absolute atomic E-state index is 12.5. The third-order valence-corrected chi connectivity index (χ3v) is 4.08. The van der Waals surface area contributed by atoms with E-state index in [1.54, 1.807) is 12.1 Å². The molecule has 2 amide bonds. The molecule has 0 bridgehead atoms. The van der Waals surface area contributed by atoms with Crippen LogP contribution < -0.4 is 4.90 Å². The number of likely N-dealkylation sites (tertiary alicyclic amines) is 1. The van der Waals surface area contributed by atoms with E-state index in [1.165, 1.54) is 4.90 Å². The van der Waals surface area contributed by atoms with Crippen LogP contribution in [-0.2, 0) is 9.59 Å². The summed E-state index contributed by atoms with van der Waals surface area (Å²) in [4.78, 5) is 27.9. The smallest absolute Gasteiger partial charge is 0.251 e. The predicted molar refractivity (Wildman–Crippen MR) is 74.2 cm³/mol. The Hall–Kier alpha value is -1.72. The largest absolute Gasteiger partial charge is 0.393 e. The number of carbonyl (C=O) groups excluding carboxylic acids is 2. The van der Waals surface area contributed by atoms with Crippen LogP contribution in [0.1, 0.15) is 19.3 Å². The number of carbonyl (C=O) groups is 2. The molecule has 0 aromatic heterocycles. The summed E-state index contributed by atoms with van der Waals surface area (Å²) < 4.78 is 0. The molecular formula is C15H18N2O3. The van der Waals surface area contributed by atoms with Crippen molar-refractivity contribution in [1.29, 1.82) is 0 Å². The third-order valence-electron chi connectivity index (χ3n) is 4.08. The van der Waals surface area contributed by atoms with Gasteiger partial charge in [0, 0.05) is 13.1 Å². The van der Waals surface area contributed by atoms with Gasteiger partial charge in [0.05, 0.1) is 24.3 Å². The number of rotatable bonds is 2. The first kappa shape index (κ1) is 13.3. The van der Waals surface area contributed by atoms with Crippen LogP contribution in [0, 0.1) is 0 Å². The molecule has 2 aliphatic rings. The zero-order valence-corrected chi connectivity index (χ0v) is 11.2. The summed E-state index contributed by atoms with van der Waals surface area (Å²) in [5, 5.41) is 9.53. The van der Waals surface area contributed by atoms with Gasteiger partial charge in [0.15, 0.2) is 0 Å². The van der Waals surface area contributed by atoms with Crippen molar-refractivity contribution in [2.45, 2.75) is 31.4 Å². The molecule has 5 nitrogen and oxygen atoms in total. The first-order chi connectivity index (χ1) is 9.66. The van der Waals surface area contributed by atoms with Crippen LogP contribution in [0.2, 0.25) is 0 Å². The number of aliphatic hydroxyl groups is 1. The van der Waals surface area contributed by atoms with E-state index in [2.05, 4.69) is 0 Å². The van der Waals surface area contributed by atoms with Crippen LogP contribution in [0.4, 0.5) is 5.69 Å². The lowest BCUT2D eigenvalue weighted by Gasteiger charge is -2.32. The number of imide groups is 1. The summed E-state index contributed by atoms with van der Waals surface area (Å²) in [6.45, 7) is 1.35. The van der Waals surface area contributed by atoms with Crippen LogP contribution in [0.25, 0.3) is 0 Å². The van der Waals surface area contributed by atoms with Gasteiger partial charge in [-0.05, 0) is 25.0 Å². The zero-order chi connectivity index (χ0) is 14.1. The van der Waals surface area contributed by atoms with Crippen molar-refractivity contribution < 1.29 is 14.7 Å². The number of hydrogen-bond donors (Lipinski definition) is 1. The molecule has 1 atom stereocenters. The van der Waals surface area contributed by atoms with Gasteiger partial charge in [-0.2, -0.15) is 0 Å². The summed E-state index contributed by atoms with van der Waals surface area (Å²) in [5.41, 5.74) is 0.641. The first-order valence-corrected chi connectivity index (χ1v) is 7.01. The monoisotopic (exact) mass is 274 g/mol. The fourth-order valence-corrected chi connectivity index (χ4v) is 2.95. The fraction of sp³-hybridized carbons (Fsp3) is 0.467. The highest BCUT2D eigenvalue weighted by Crippen LogP contribution is 2.27. The van der Waals surface area contributed by atoms with Crippen molar-refractivity contribution in [1.82, 2.24) is 4.90 Å². The Labute approximate surface area is 117 Å². The molecule has 1 N–H and O–H groups in total. The van der Waals surface area contributed by atoms with Gasteiger partial charge in [-0.15, -0.1) is 0 Å². The van der Waals surface area contributed by atoms with E-state index in [9.17, 15) is 14.7 Å². The number of para-hydroxylation sites is 1. The summed E-state index contributed by atoms with van der Waals surface area (Å²) in [5.74, 6) is -0.282. The lowest BCUT2D eigenvalue weighted by molar-refractivity contribution is -0.123. The molecule has 2 heterocycles. The Balaban J connectivity index is 1.77. The molecular weight excluding hydrogens is 256 g/mol. The van der Waals surface area contributed by atoms with Crippen molar-refractivity contribution in [3.8, 4) is 0 Å². The molecule has 0 unspecified atom stereocenters. The van der Waals surface area contributed by atoms with E-state index in [0.717, 1.165) is 0 Å². The molecule has 2 fully saturated rings. The molecule has 0 spiro atoms. The average Bonchev–Trinajstić information content (AvgIpc) is 2.76. The van der Waals surface area contributed by atoms with Crippen LogP contribution >= 0.6 is 0 Å². The molecule has 0 saturated carbocycles. The maximum Gasteiger partial charge on any atom is 0.251 e. The normalized spacial score (nSPS) is 25.4. The minimum Gasteiger partial charge on any atom is -0.393 e. The van der Waals surface area contributed by atoms with Gasteiger partial charge in [0.25, 0.3) is 5.91 Å². The molecule has 0 aliphatic carbocycles. The minimum absolute atomic E-state index is 0.141. The molecule has 5 heteroatoms. The van der Waals surface area contributed by atoms with Gasteiger partial charge >= 0.3 is 0 Å². The predicted octanol–water partition coefficient (Wildman–Crippen LogP) is 0.775. The van der Waals surface area contributed by atoms with Crippen molar-refractivity contribution in [2.75, 3.05) is 18.0 Å². The summed E-state index contributed by atoms with van der Waals surface area (Å²) in [6, 6.07) is 8.69. The van der Waals surface area contributed by atoms with Gasteiger partial charge in [-0.25, -0.2) is 4.90 Å². The Kier molecular flexibility index (Phi) is 3.54. The van der Waals surface area contributed by atoms with Gasteiger partial charge in [0.1, 0.15) is 0 Å². The van der Waals surface area contributed by atoms with Crippen molar-refractivity contribution in [2.24, 2.45) is 0 Å². The molecule has 106 valence electrons. The number of aliphatic hydroxyl groups excluding tert-OH is 1. The average molecular weight is 274 g/mol. The Morgan fingerprint density at radius 2 is 1.70 bits per heavy atom. The van der Waals surface area contributed by atoms with E-state index < -0.39 is 0 Å². The molecule has 2 saturated heterocycles. The van der Waals surface area contributed by atoms with Gasteiger partial charge in [0.2, 0.25) is 5.91 Å². The lowest BCUT2D eigenvalue weighted by atomic mass is 10.1. The van der Waals surface area contributed by atoms with Crippen LogP contribution in [-0.4, -0.2) is 47.1 Å². The summed E-state index contributed by atoms with van der Waals surface area (Å²) in [6.07, 6.45) is 1.31. The second-order valence-corrected chi connectivity index (χ2v) is 5.39. The van der Waals surface area contributed by atoms with Crippen LogP contribution in [0.3, 0.4) is 0 Å². The molecule has 0 radical (unpaired) electrons. The highest BCUT2D eigenvalue weighted by Gasteiger charge is 2.43. The second-order valence-electron chi connectivity index (χ2n) is 5.39. The molecule has 3 rings (SSSR count). The highest BCUT2D eigenvalue weighted by atomic mass is 16.3. The third kappa shape index (κ3) is 2.34. The fourth-order valence-electron chi connectivity index (χ4n) is 2.95. The summed E-state index contributed by atoms with van der Waals surface area (Å²) in [7, 11) is 0. The molecule has 1 aromatic rings. The number of hydrogen-bond acceptors (Lipinski definition) is 4. The Morgan fingerprint density at radius 1 is 1.05 bits per heavy atom. The van der Waals surface area contributed by atoms with E-state index in [-0.39, 0.29) is 30.4 Å². The van der Waals surface area contributed by atoms with E-state index >= 15 is 0 Å². The standard InChI is InChI=1S/C15H18N2O3/c18-12-6-8-16(9-7-12)13-10-14(19)17(15(13)20)11-4-2-1-3-5-11/h1-5,12-13,18H,6-10H2/t13-/m1/s1. The SMILES string of the molecule is O=C1C[C@@H](N2CCC(O)CC2)C(=O)N1c1ccccc1.